The van der Waals surface area contributed by atoms with E-state index >= 15 is 0 Å². The predicted octanol–water partition coefficient (Wildman–Crippen LogP) is 0.0372. The molecule has 1 unspecified atom stereocenters. The Hall–Kier alpha value is -1.28. The van der Waals surface area contributed by atoms with Crippen molar-refractivity contribution in [1.29, 1.82) is 0 Å². The predicted molar refractivity (Wildman–Crippen MR) is 85.6 cm³/mol. The highest BCUT2D eigenvalue weighted by Crippen LogP contribution is 2.29. The summed E-state index contributed by atoms with van der Waals surface area (Å²) in [6.07, 6.45) is 1.70. The third-order valence-corrected chi connectivity index (χ3v) is 5.02. The molecule has 0 aromatic heterocycles. The van der Waals surface area contributed by atoms with Gasteiger partial charge in [-0.25, -0.2) is 0 Å². The number of carboxylic acid groups (broad SMARTS) is 1. The average molecular weight is 331 g/mol. The molecule has 0 aliphatic carbocycles. The summed E-state index contributed by atoms with van der Waals surface area (Å²) in [5.74, 6) is -0.191. The minimum absolute atomic E-state index is 0.0400. The molecule has 0 bridgehead atoms. The van der Waals surface area contributed by atoms with E-state index in [0.29, 0.717) is 18.8 Å². The van der Waals surface area contributed by atoms with E-state index in [1.807, 2.05) is 18.7 Å². The second-order valence-electron chi connectivity index (χ2n) is 6.03. The first kappa shape index (κ1) is 18.8. The monoisotopic (exact) mass is 331 g/mol. The molecule has 4 N–H and O–H groups in total. The highest BCUT2D eigenvalue weighted by Gasteiger charge is 2.39. The van der Waals surface area contributed by atoms with Gasteiger partial charge in [0.05, 0.1) is 4.75 Å². The average Bonchev–Trinajstić information content (AvgIpc) is 2.41. The SMILES string of the molecule is CC(=O)O.CC1(C)SCC(C(=O)N2CCC(N)CC2)NC1=O. The van der Waals surface area contributed by atoms with Gasteiger partial charge in [-0.1, -0.05) is 0 Å². The van der Waals surface area contributed by atoms with Crippen LogP contribution < -0.4 is 11.1 Å². The Labute approximate surface area is 135 Å². The van der Waals surface area contributed by atoms with E-state index in [1.165, 1.54) is 0 Å². The van der Waals surface area contributed by atoms with Crippen LogP contribution in [0.2, 0.25) is 0 Å². The van der Waals surface area contributed by atoms with Gasteiger partial charge in [0.1, 0.15) is 6.04 Å². The molecule has 8 heteroatoms. The smallest absolute Gasteiger partial charge is 0.300 e. The molecule has 126 valence electrons. The van der Waals surface area contributed by atoms with Gasteiger partial charge in [-0.2, -0.15) is 0 Å². The van der Waals surface area contributed by atoms with Crippen molar-refractivity contribution < 1.29 is 19.5 Å². The number of hydrogen-bond donors (Lipinski definition) is 3. The summed E-state index contributed by atoms with van der Waals surface area (Å²) in [4.78, 5) is 34.9. The van der Waals surface area contributed by atoms with Crippen molar-refractivity contribution >= 4 is 29.5 Å². The van der Waals surface area contributed by atoms with Crippen LogP contribution in [-0.2, 0) is 14.4 Å². The fourth-order valence-electron chi connectivity index (χ4n) is 2.20. The lowest BCUT2D eigenvalue weighted by Gasteiger charge is -2.37. The summed E-state index contributed by atoms with van der Waals surface area (Å²) in [6.45, 7) is 6.27. The number of carbonyl (C=O) groups is 3. The van der Waals surface area contributed by atoms with Crippen molar-refractivity contribution in [3.63, 3.8) is 0 Å². The van der Waals surface area contributed by atoms with Gasteiger partial charge in [0.2, 0.25) is 11.8 Å². The normalized spacial score (nSPS) is 24.8. The van der Waals surface area contributed by atoms with Crippen molar-refractivity contribution in [3.8, 4) is 0 Å². The van der Waals surface area contributed by atoms with Crippen molar-refractivity contribution in [2.75, 3.05) is 18.8 Å². The van der Waals surface area contributed by atoms with E-state index in [2.05, 4.69) is 5.32 Å². The molecule has 2 heterocycles. The maximum atomic E-state index is 12.3. The van der Waals surface area contributed by atoms with E-state index in [4.69, 9.17) is 15.6 Å². The lowest BCUT2D eigenvalue weighted by molar-refractivity contribution is -0.137. The summed E-state index contributed by atoms with van der Waals surface area (Å²) >= 11 is 1.55. The molecule has 22 heavy (non-hydrogen) atoms. The molecule has 0 spiro atoms. The van der Waals surface area contributed by atoms with E-state index in [0.717, 1.165) is 19.8 Å². The van der Waals surface area contributed by atoms with Crippen LogP contribution in [0.4, 0.5) is 0 Å². The lowest BCUT2D eigenvalue weighted by Crippen LogP contribution is -2.59. The first-order valence-electron chi connectivity index (χ1n) is 7.32. The van der Waals surface area contributed by atoms with Gasteiger partial charge in [-0.15, -0.1) is 11.8 Å². The molecular weight excluding hydrogens is 306 g/mol. The van der Waals surface area contributed by atoms with Crippen LogP contribution in [0.5, 0.6) is 0 Å². The Bertz CT molecular complexity index is 430. The van der Waals surface area contributed by atoms with Crippen molar-refractivity contribution in [3.05, 3.63) is 0 Å². The summed E-state index contributed by atoms with van der Waals surface area (Å²) in [5, 5.41) is 10.2. The first-order valence-corrected chi connectivity index (χ1v) is 8.31. The molecule has 0 aromatic carbocycles. The number of carboxylic acids is 1. The van der Waals surface area contributed by atoms with Crippen LogP contribution in [0.3, 0.4) is 0 Å². The van der Waals surface area contributed by atoms with E-state index in [-0.39, 0.29) is 23.9 Å². The molecule has 2 saturated heterocycles. The van der Waals surface area contributed by atoms with E-state index < -0.39 is 10.7 Å². The van der Waals surface area contributed by atoms with Crippen LogP contribution in [0.25, 0.3) is 0 Å². The highest BCUT2D eigenvalue weighted by molar-refractivity contribution is 8.01. The zero-order chi connectivity index (χ0) is 16.9. The number of hydrogen-bond acceptors (Lipinski definition) is 5. The number of likely N-dealkylation sites (tertiary alicyclic amines) is 1. The van der Waals surface area contributed by atoms with Gasteiger partial charge in [0, 0.05) is 31.8 Å². The molecule has 0 saturated carbocycles. The zero-order valence-electron chi connectivity index (χ0n) is 13.3. The number of rotatable bonds is 1. The number of aliphatic carboxylic acids is 1. The van der Waals surface area contributed by atoms with E-state index in [1.54, 1.807) is 11.8 Å². The number of carbonyl (C=O) groups excluding carboxylic acids is 2. The number of nitrogens with zero attached hydrogens (tertiary/aromatic N) is 1. The third kappa shape index (κ3) is 5.49. The van der Waals surface area contributed by atoms with Crippen molar-refractivity contribution in [1.82, 2.24) is 10.2 Å². The molecule has 0 radical (unpaired) electrons. The summed E-state index contributed by atoms with van der Waals surface area (Å²) in [7, 11) is 0. The Morgan fingerprint density at radius 2 is 1.86 bits per heavy atom. The quantitative estimate of drug-likeness (QED) is 0.625. The molecule has 1 atom stereocenters. The third-order valence-electron chi connectivity index (χ3n) is 3.61. The Morgan fingerprint density at radius 3 is 2.32 bits per heavy atom. The van der Waals surface area contributed by atoms with Gasteiger partial charge in [0.25, 0.3) is 5.97 Å². The van der Waals surface area contributed by atoms with Gasteiger partial charge < -0.3 is 21.1 Å². The second-order valence-corrected chi connectivity index (χ2v) is 7.67. The van der Waals surface area contributed by atoms with Crippen LogP contribution in [-0.4, -0.2) is 63.5 Å². The highest BCUT2D eigenvalue weighted by atomic mass is 32.2. The first-order chi connectivity index (χ1) is 10.1. The topological polar surface area (TPSA) is 113 Å². The molecular formula is C14H25N3O4S. The molecule has 2 aliphatic rings. The van der Waals surface area contributed by atoms with Crippen LogP contribution in [0.15, 0.2) is 0 Å². The number of thioether (sulfide) groups is 1. The molecule has 2 rings (SSSR count). The number of nitrogens with one attached hydrogen (secondary N) is 1. The second kappa shape index (κ2) is 7.82. The van der Waals surface area contributed by atoms with Gasteiger partial charge in [-0.3, -0.25) is 14.4 Å². The summed E-state index contributed by atoms with van der Waals surface area (Å²) < 4.78 is -0.430. The zero-order valence-corrected chi connectivity index (χ0v) is 14.1. The molecule has 2 fully saturated rings. The minimum atomic E-state index is -0.833. The Morgan fingerprint density at radius 1 is 1.36 bits per heavy atom. The number of amides is 2. The van der Waals surface area contributed by atoms with E-state index in [9.17, 15) is 9.59 Å². The van der Waals surface area contributed by atoms with Crippen molar-refractivity contribution in [2.45, 2.75) is 50.4 Å². The van der Waals surface area contributed by atoms with Gasteiger partial charge >= 0.3 is 0 Å². The number of piperidine rings is 1. The lowest BCUT2D eigenvalue weighted by atomic mass is 10.1. The Balaban J connectivity index is 0.000000541. The minimum Gasteiger partial charge on any atom is -0.481 e. The summed E-state index contributed by atoms with van der Waals surface area (Å²) in [5.41, 5.74) is 5.82. The fourth-order valence-corrected chi connectivity index (χ4v) is 3.20. The summed E-state index contributed by atoms with van der Waals surface area (Å²) in [6, 6.07) is -0.159. The largest absolute Gasteiger partial charge is 0.481 e. The molecule has 2 aliphatic heterocycles. The maximum Gasteiger partial charge on any atom is 0.300 e. The maximum absolute atomic E-state index is 12.3. The van der Waals surface area contributed by atoms with Crippen molar-refractivity contribution in [2.24, 2.45) is 5.73 Å². The number of nitrogens with two attached hydrogens (primary N) is 1. The molecule has 2 amide bonds. The van der Waals surface area contributed by atoms with Gasteiger partial charge in [-0.05, 0) is 26.7 Å². The molecule has 0 aromatic rings. The Kier molecular flexibility index (Phi) is 6.67. The van der Waals surface area contributed by atoms with Crippen LogP contribution in [0.1, 0.15) is 33.6 Å². The van der Waals surface area contributed by atoms with Gasteiger partial charge in [0.15, 0.2) is 0 Å². The standard InChI is InChI=1S/C12H21N3O2S.C2H4O2/c1-12(2)11(17)14-9(7-18-12)10(16)15-5-3-8(13)4-6-15;1-2(3)4/h8-9H,3-7,13H2,1-2H3,(H,14,17);1H3,(H,3,4). The van der Waals surface area contributed by atoms with Crippen LogP contribution >= 0.6 is 11.8 Å². The van der Waals surface area contributed by atoms with Crippen LogP contribution in [0, 0.1) is 0 Å². The molecule has 7 nitrogen and oxygen atoms in total. The fraction of sp³-hybridized carbons (Fsp3) is 0.786.